The Morgan fingerprint density at radius 1 is 0.914 bits per heavy atom. The average Bonchev–Trinajstić information content (AvgIpc) is 3.11. The van der Waals surface area contributed by atoms with Gasteiger partial charge in [-0.15, -0.1) is 0 Å². The Morgan fingerprint density at radius 2 is 1.60 bits per heavy atom. The summed E-state index contributed by atoms with van der Waals surface area (Å²) >= 11 is 0. The van der Waals surface area contributed by atoms with E-state index in [-0.39, 0.29) is 12.2 Å². The van der Waals surface area contributed by atoms with Gasteiger partial charge in [-0.3, -0.25) is 9.59 Å². The van der Waals surface area contributed by atoms with Crippen molar-refractivity contribution < 1.29 is 14.7 Å². The normalized spacial score (nSPS) is 20.4. The Labute approximate surface area is 206 Å². The lowest BCUT2D eigenvalue weighted by Gasteiger charge is -2.23. The largest absolute Gasteiger partial charge is 0.375 e. The number of Topliss-reactive ketones (excluding diaryl/α,β-unsaturated/α-hetero) is 1. The number of anilines is 1. The number of ketones is 1. The van der Waals surface area contributed by atoms with Crippen LogP contribution >= 0.6 is 0 Å². The van der Waals surface area contributed by atoms with Gasteiger partial charge >= 0.3 is 0 Å². The topological polar surface area (TPSA) is 57.6 Å². The molecule has 0 aromatic heterocycles. The minimum atomic E-state index is -1.86. The van der Waals surface area contributed by atoms with E-state index in [9.17, 15) is 14.7 Å². The van der Waals surface area contributed by atoms with E-state index in [1.807, 2.05) is 78.9 Å². The lowest BCUT2D eigenvalue weighted by atomic mass is 9.83. The van der Waals surface area contributed by atoms with Crippen LogP contribution in [0.3, 0.4) is 0 Å². The van der Waals surface area contributed by atoms with E-state index in [1.165, 1.54) is 37.7 Å². The molecule has 5 rings (SSSR count). The highest BCUT2D eigenvalue weighted by Gasteiger charge is 2.50. The molecule has 3 aromatic rings. The van der Waals surface area contributed by atoms with E-state index >= 15 is 0 Å². The van der Waals surface area contributed by atoms with Gasteiger partial charge in [0.15, 0.2) is 11.4 Å². The van der Waals surface area contributed by atoms with E-state index in [1.54, 1.807) is 17.0 Å². The highest BCUT2D eigenvalue weighted by atomic mass is 16.3. The molecule has 35 heavy (non-hydrogen) atoms. The van der Waals surface area contributed by atoms with Crippen LogP contribution in [0.2, 0.25) is 0 Å². The zero-order chi connectivity index (χ0) is 24.3. The lowest BCUT2D eigenvalue weighted by Crippen LogP contribution is -2.42. The summed E-state index contributed by atoms with van der Waals surface area (Å²) in [5.74, 6) is -0.117. The monoisotopic (exact) mass is 465 g/mol. The van der Waals surface area contributed by atoms with Crippen molar-refractivity contribution in [3.05, 3.63) is 107 Å². The summed E-state index contributed by atoms with van der Waals surface area (Å²) in [6.07, 6.45) is 9.81. The summed E-state index contributed by atoms with van der Waals surface area (Å²) < 4.78 is 0. The van der Waals surface area contributed by atoms with Gasteiger partial charge in [0.25, 0.3) is 5.91 Å². The fourth-order valence-corrected chi connectivity index (χ4v) is 5.43. The van der Waals surface area contributed by atoms with Crippen LogP contribution in [0, 0.1) is 0 Å². The van der Waals surface area contributed by atoms with Gasteiger partial charge in [0.05, 0.1) is 12.1 Å². The van der Waals surface area contributed by atoms with Crippen LogP contribution in [0.4, 0.5) is 5.69 Å². The second kappa shape index (κ2) is 10.0. The Kier molecular flexibility index (Phi) is 6.65. The molecule has 1 saturated carbocycles. The number of aliphatic hydroxyl groups is 1. The van der Waals surface area contributed by atoms with Crippen molar-refractivity contribution in [1.29, 1.82) is 0 Å². The van der Waals surface area contributed by atoms with Crippen LogP contribution in [0.25, 0.3) is 6.08 Å². The number of rotatable bonds is 7. The molecule has 1 unspecified atom stereocenters. The SMILES string of the molecule is O=C(CC1(O)C(=O)N(CC=Cc2ccccc2)c2ccccc21)c1ccc(C2CCCCC2)cc1. The second-order valence-electron chi connectivity index (χ2n) is 9.66. The first-order valence-corrected chi connectivity index (χ1v) is 12.5. The molecule has 4 nitrogen and oxygen atoms in total. The fraction of sp³-hybridized carbons (Fsp3) is 0.290. The molecule has 1 amide bonds. The summed E-state index contributed by atoms with van der Waals surface area (Å²) in [5, 5.41) is 11.6. The van der Waals surface area contributed by atoms with E-state index in [0.717, 1.165) is 5.56 Å². The average molecular weight is 466 g/mol. The Balaban J connectivity index is 1.33. The third kappa shape index (κ3) is 4.71. The van der Waals surface area contributed by atoms with Gasteiger partial charge in [0.1, 0.15) is 0 Å². The Morgan fingerprint density at radius 3 is 2.34 bits per heavy atom. The zero-order valence-corrected chi connectivity index (χ0v) is 19.9. The van der Waals surface area contributed by atoms with Crippen LogP contribution in [0.5, 0.6) is 0 Å². The number of amides is 1. The van der Waals surface area contributed by atoms with Crippen LogP contribution in [-0.2, 0) is 10.4 Å². The first-order valence-electron chi connectivity index (χ1n) is 12.5. The third-order valence-electron chi connectivity index (χ3n) is 7.36. The van der Waals surface area contributed by atoms with Crippen molar-refractivity contribution in [2.45, 2.75) is 50.0 Å². The van der Waals surface area contributed by atoms with Crippen LogP contribution in [-0.4, -0.2) is 23.3 Å². The molecule has 1 atom stereocenters. The molecule has 0 saturated heterocycles. The maximum absolute atomic E-state index is 13.4. The van der Waals surface area contributed by atoms with Crippen molar-refractivity contribution in [3.8, 4) is 0 Å². The number of benzene rings is 3. The summed E-state index contributed by atoms with van der Waals surface area (Å²) in [6.45, 7) is 0.317. The van der Waals surface area contributed by atoms with E-state index in [0.29, 0.717) is 29.3 Å². The van der Waals surface area contributed by atoms with Crippen molar-refractivity contribution in [3.63, 3.8) is 0 Å². The Bertz CT molecular complexity index is 1230. The number of fused-ring (bicyclic) bond motifs is 1. The predicted molar refractivity (Wildman–Crippen MR) is 139 cm³/mol. The fourth-order valence-electron chi connectivity index (χ4n) is 5.43. The highest BCUT2D eigenvalue weighted by molar-refractivity contribution is 6.11. The highest BCUT2D eigenvalue weighted by Crippen LogP contribution is 2.43. The van der Waals surface area contributed by atoms with Crippen LogP contribution < -0.4 is 4.90 Å². The van der Waals surface area contributed by atoms with Gasteiger partial charge in [0.2, 0.25) is 0 Å². The van der Waals surface area contributed by atoms with E-state index < -0.39 is 11.5 Å². The number of para-hydroxylation sites is 1. The van der Waals surface area contributed by atoms with E-state index in [2.05, 4.69) is 0 Å². The maximum Gasteiger partial charge on any atom is 0.264 e. The second-order valence-corrected chi connectivity index (χ2v) is 9.66. The van der Waals surface area contributed by atoms with Crippen molar-refractivity contribution >= 4 is 23.5 Å². The molecule has 0 bridgehead atoms. The molecular weight excluding hydrogens is 434 g/mol. The molecular formula is C31H31NO3. The first kappa shape index (κ1) is 23.3. The van der Waals surface area contributed by atoms with Crippen LogP contribution in [0.15, 0.2) is 84.9 Å². The minimum absolute atomic E-state index is 0.229. The molecule has 0 spiro atoms. The molecule has 1 N–H and O–H groups in total. The van der Waals surface area contributed by atoms with Gasteiger partial charge in [-0.05, 0) is 36.0 Å². The number of hydrogen-bond donors (Lipinski definition) is 1. The maximum atomic E-state index is 13.4. The quantitative estimate of drug-likeness (QED) is 0.419. The molecule has 1 fully saturated rings. The summed E-state index contributed by atoms with van der Waals surface area (Å²) in [4.78, 5) is 28.2. The summed E-state index contributed by atoms with van der Waals surface area (Å²) in [6, 6.07) is 24.8. The standard InChI is InChI=1S/C31H31NO3/c33-29(26-19-17-25(18-20-26)24-13-5-2-6-14-24)22-31(35)27-15-7-8-16-28(27)32(30(31)34)21-9-12-23-10-3-1-4-11-23/h1,3-4,7-12,15-20,24,35H,2,5-6,13-14,21-22H2. The van der Waals surface area contributed by atoms with Gasteiger partial charge in [0, 0.05) is 17.7 Å². The smallest absolute Gasteiger partial charge is 0.264 e. The van der Waals surface area contributed by atoms with Crippen molar-refractivity contribution in [2.24, 2.45) is 0 Å². The van der Waals surface area contributed by atoms with Gasteiger partial charge < -0.3 is 10.0 Å². The van der Waals surface area contributed by atoms with Crippen molar-refractivity contribution in [1.82, 2.24) is 0 Å². The van der Waals surface area contributed by atoms with Gasteiger partial charge in [-0.1, -0.05) is 104 Å². The number of carbonyl (C=O) groups excluding carboxylic acids is 2. The van der Waals surface area contributed by atoms with Crippen molar-refractivity contribution in [2.75, 3.05) is 11.4 Å². The number of hydrogen-bond acceptors (Lipinski definition) is 3. The molecule has 1 aliphatic heterocycles. The third-order valence-corrected chi connectivity index (χ3v) is 7.36. The lowest BCUT2D eigenvalue weighted by molar-refractivity contribution is -0.135. The molecule has 3 aromatic carbocycles. The number of nitrogens with zero attached hydrogens (tertiary/aromatic N) is 1. The number of carbonyl (C=O) groups is 2. The molecule has 0 radical (unpaired) electrons. The van der Waals surface area contributed by atoms with Gasteiger partial charge in [-0.25, -0.2) is 0 Å². The zero-order valence-electron chi connectivity index (χ0n) is 19.9. The van der Waals surface area contributed by atoms with Crippen LogP contribution in [0.1, 0.15) is 71.5 Å². The first-order chi connectivity index (χ1) is 17.1. The van der Waals surface area contributed by atoms with E-state index in [4.69, 9.17) is 0 Å². The minimum Gasteiger partial charge on any atom is -0.375 e. The molecule has 4 heteroatoms. The Hall–Kier alpha value is -3.50. The molecule has 2 aliphatic rings. The summed E-state index contributed by atoms with van der Waals surface area (Å²) in [5.41, 5.74) is 2.12. The predicted octanol–water partition coefficient (Wildman–Crippen LogP) is 6.25. The van der Waals surface area contributed by atoms with Gasteiger partial charge in [-0.2, -0.15) is 0 Å². The molecule has 1 aliphatic carbocycles. The molecule has 178 valence electrons. The molecule has 1 heterocycles. The summed E-state index contributed by atoms with van der Waals surface area (Å²) in [7, 11) is 0.